The summed E-state index contributed by atoms with van der Waals surface area (Å²) < 4.78 is 10.7. The molecule has 4 aromatic rings. The van der Waals surface area contributed by atoms with Crippen LogP contribution in [-0.2, 0) is 16.0 Å². The second-order valence-corrected chi connectivity index (χ2v) is 12.8. The van der Waals surface area contributed by atoms with Crippen LogP contribution < -0.4 is 10.6 Å². The second-order valence-electron chi connectivity index (χ2n) is 12.8. The zero-order valence-electron chi connectivity index (χ0n) is 26.2. The molecule has 4 N–H and O–H groups in total. The summed E-state index contributed by atoms with van der Waals surface area (Å²) in [5.74, 6) is 1.43. The summed E-state index contributed by atoms with van der Waals surface area (Å²) in [7, 11) is 0. The Bertz CT molecular complexity index is 1520. The van der Waals surface area contributed by atoms with Crippen molar-refractivity contribution in [3.8, 4) is 33.6 Å². The third kappa shape index (κ3) is 8.94. The van der Waals surface area contributed by atoms with Gasteiger partial charge in [0, 0.05) is 0 Å². The fourth-order valence-corrected chi connectivity index (χ4v) is 4.38. The number of nitrogens with zero attached hydrogens (tertiary/aromatic N) is 2. The minimum Gasteiger partial charge on any atom is -0.444 e. The first-order valence-corrected chi connectivity index (χ1v) is 14.4. The van der Waals surface area contributed by atoms with Crippen LogP contribution in [0.5, 0.6) is 0 Å². The number of aromatic amines is 2. The fourth-order valence-electron chi connectivity index (χ4n) is 4.38. The number of carbonyl (C=O) groups is 2. The molecule has 2 aromatic heterocycles. The van der Waals surface area contributed by atoms with Gasteiger partial charge in [0.2, 0.25) is 0 Å². The molecule has 0 fully saturated rings. The number of H-pyrrole nitrogens is 2. The summed E-state index contributed by atoms with van der Waals surface area (Å²) in [6.07, 6.45) is 2.58. The normalized spacial score (nSPS) is 12.6. The third-order valence-electron chi connectivity index (χ3n) is 6.38. The number of benzene rings is 2. The molecule has 1 unspecified atom stereocenters. The van der Waals surface area contributed by atoms with Gasteiger partial charge in [-0.1, -0.05) is 62.4 Å². The molecule has 0 aliphatic heterocycles. The molecule has 2 amide bonds. The first kappa shape index (κ1) is 31.3. The van der Waals surface area contributed by atoms with E-state index in [1.807, 2.05) is 79.7 Å². The van der Waals surface area contributed by atoms with Gasteiger partial charge in [0.1, 0.15) is 22.9 Å². The van der Waals surface area contributed by atoms with E-state index in [4.69, 9.17) is 9.47 Å². The lowest BCUT2D eigenvalue weighted by molar-refractivity contribution is 0.0483. The van der Waals surface area contributed by atoms with Crippen molar-refractivity contribution in [3.63, 3.8) is 0 Å². The second kappa shape index (κ2) is 12.7. The van der Waals surface area contributed by atoms with Crippen LogP contribution in [0.2, 0.25) is 0 Å². The van der Waals surface area contributed by atoms with Gasteiger partial charge in [-0.15, -0.1) is 0 Å². The predicted molar refractivity (Wildman–Crippen MR) is 167 cm³/mol. The van der Waals surface area contributed by atoms with Crippen molar-refractivity contribution in [2.75, 3.05) is 0 Å². The highest BCUT2D eigenvalue weighted by atomic mass is 16.6. The van der Waals surface area contributed by atoms with Gasteiger partial charge in [-0.2, -0.15) is 0 Å². The summed E-state index contributed by atoms with van der Waals surface area (Å²) in [4.78, 5) is 39.8. The van der Waals surface area contributed by atoms with Gasteiger partial charge in [0.15, 0.2) is 0 Å². The van der Waals surface area contributed by atoms with E-state index >= 15 is 0 Å². The molecule has 0 saturated heterocycles. The molecular formula is C33H42N6O4. The number of alkyl carbamates (subject to hydrolysis) is 2. The standard InChI is InChI=1S/C33H42N6O4/c1-20(2)28(39-31(41)43-33(6,7)8)29-35-18-26(38-29)24-15-11-22(12-16-24)21-9-13-23(14-10-21)25-17-34-27(37-25)19-36-30(40)42-32(3,4)5/h9-18,20,28H,19H2,1-8H3,(H,34,37)(H,35,38)(H,36,40)(H,39,41). The molecule has 1 atom stereocenters. The van der Waals surface area contributed by atoms with Gasteiger partial charge < -0.3 is 30.1 Å². The predicted octanol–water partition coefficient (Wildman–Crippen LogP) is 7.38. The first-order valence-electron chi connectivity index (χ1n) is 14.4. The Labute approximate surface area is 253 Å². The van der Waals surface area contributed by atoms with Crippen molar-refractivity contribution in [3.05, 3.63) is 72.6 Å². The molecule has 0 aliphatic rings. The lowest BCUT2D eigenvalue weighted by Gasteiger charge is -2.24. The van der Waals surface area contributed by atoms with Crippen molar-refractivity contribution in [1.29, 1.82) is 0 Å². The van der Waals surface area contributed by atoms with Crippen LogP contribution in [0.3, 0.4) is 0 Å². The van der Waals surface area contributed by atoms with Crippen LogP contribution in [0.1, 0.15) is 73.1 Å². The van der Waals surface area contributed by atoms with Gasteiger partial charge in [-0.25, -0.2) is 19.6 Å². The highest BCUT2D eigenvalue weighted by molar-refractivity contribution is 5.72. The van der Waals surface area contributed by atoms with Crippen LogP contribution in [0, 0.1) is 5.92 Å². The zero-order valence-corrected chi connectivity index (χ0v) is 26.2. The van der Waals surface area contributed by atoms with Gasteiger partial charge in [-0.05, 0) is 69.7 Å². The number of hydrogen-bond donors (Lipinski definition) is 4. The average molecular weight is 587 g/mol. The molecule has 0 spiro atoms. The maximum Gasteiger partial charge on any atom is 0.408 e. The molecule has 0 radical (unpaired) electrons. The van der Waals surface area contributed by atoms with Gasteiger partial charge in [0.25, 0.3) is 0 Å². The molecule has 0 saturated carbocycles. The topological polar surface area (TPSA) is 134 Å². The van der Waals surface area contributed by atoms with Crippen LogP contribution in [0.25, 0.3) is 33.6 Å². The fraction of sp³-hybridized carbons (Fsp3) is 0.394. The average Bonchev–Trinajstić information content (AvgIpc) is 3.59. The molecule has 0 aliphatic carbocycles. The minimum atomic E-state index is -0.577. The molecule has 0 bridgehead atoms. The lowest BCUT2D eigenvalue weighted by Crippen LogP contribution is -2.37. The quantitative estimate of drug-likeness (QED) is 0.170. The summed E-state index contributed by atoms with van der Waals surface area (Å²) in [6, 6.07) is 16.1. The van der Waals surface area contributed by atoms with Crippen LogP contribution in [-0.4, -0.2) is 43.3 Å². The number of hydrogen-bond acceptors (Lipinski definition) is 6. The molecule has 4 rings (SSSR count). The number of aromatic nitrogens is 4. The number of imidazole rings is 2. The summed E-state index contributed by atoms with van der Waals surface area (Å²) >= 11 is 0. The van der Waals surface area contributed by atoms with Crippen LogP contribution in [0.15, 0.2) is 60.9 Å². The van der Waals surface area contributed by atoms with Gasteiger partial charge >= 0.3 is 12.2 Å². The molecule has 43 heavy (non-hydrogen) atoms. The zero-order chi connectivity index (χ0) is 31.4. The van der Waals surface area contributed by atoms with Gasteiger partial charge in [0.05, 0.1) is 36.4 Å². The van der Waals surface area contributed by atoms with E-state index in [0.29, 0.717) is 11.6 Å². The Kier molecular flexibility index (Phi) is 9.27. The first-order chi connectivity index (χ1) is 20.2. The maximum absolute atomic E-state index is 12.4. The van der Waals surface area contributed by atoms with Crippen molar-refractivity contribution < 1.29 is 19.1 Å². The Balaban J connectivity index is 1.39. The minimum absolute atomic E-state index is 0.110. The van der Waals surface area contributed by atoms with E-state index in [2.05, 4.69) is 54.8 Å². The molecule has 2 heterocycles. The van der Waals surface area contributed by atoms with Crippen molar-refractivity contribution in [2.45, 2.75) is 79.2 Å². The molecule has 228 valence electrons. The Hall–Kier alpha value is -4.60. The Morgan fingerprint density at radius 2 is 1.19 bits per heavy atom. The van der Waals surface area contributed by atoms with E-state index in [0.717, 1.165) is 33.6 Å². The summed E-state index contributed by atoms with van der Waals surface area (Å²) in [5.41, 5.74) is 4.73. The van der Waals surface area contributed by atoms with Crippen molar-refractivity contribution in [2.24, 2.45) is 5.92 Å². The van der Waals surface area contributed by atoms with E-state index in [1.165, 1.54) is 0 Å². The van der Waals surface area contributed by atoms with Gasteiger partial charge in [-0.3, -0.25) is 0 Å². The number of ether oxygens (including phenoxy) is 2. The largest absolute Gasteiger partial charge is 0.444 e. The Morgan fingerprint density at radius 1 is 0.721 bits per heavy atom. The maximum atomic E-state index is 12.4. The molecule has 2 aromatic carbocycles. The molecule has 10 nitrogen and oxygen atoms in total. The summed E-state index contributed by atoms with van der Waals surface area (Å²) in [6.45, 7) is 15.3. The van der Waals surface area contributed by atoms with E-state index < -0.39 is 23.4 Å². The van der Waals surface area contributed by atoms with Crippen molar-refractivity contribution >= 4 is 12.2 Å². The van der Waals surface area contributed by atoms with Crippen molar-refractivity contribution in [1.82, 2.24) is 30.6 Å². The van der Waals surface area contributed by atoms with Crippen LogP contribution >= 0.6 is 0 Å². The molecule has 10 heteroatoms. The summed E-state index contributed by atoms with van der Waals surface area (Å²) in [5, 5.41) is 5.65. The number of carbonyl (C=O) groups excluding carboxylic acids is 2. The number of rotatable bonds is 8. The van der Waals surface area contributed by atoms with Crippen LogP contribution in [0.4, 0.5) is 9.59 Å². The SMILES string of the molecule is CC(C)C(NC(=O)OC(C)(C)C)c1ncc(-c2ccc(-c3ccc(-c4cnc(CNC(=O)OC(C)(C)C)[nH]4)cc3)cc2)[nH]1. The highest BCUT2D eigenvalue weighted by Crippen LogP contribution is 2.28. The smallest absolute Gasteiger partial charge is 0.408 e. The number of amides is 2. The third-order valence-corrected chi connectivity index (χ3v) is 6.38. The highest BCUT2D eigenvalue weighted by Gasteiger charge is 2.25. The monoisotopic (exact) mass is 586 g/mol. The van der Waals surface area contributed by atoms with E-state index in [1.54, 1.807) is 12.4 Å². The Morgan fingerprint density at radius 3 is 1.70 bits per heavy atom. The van der Waals surface area contributed by atoms with E-state index in [9.17, 15) is 9.59 Å². The number of nitrogens with one attached hydrogen (secondary N) is 4. The lowest BCUT2D eigenvalue weighted by atomic mass is 10.0. The molecular weight excluding hydrogens is 544 g/mol. The van der Waals surface area contributed by atoms with E-state index in [-0.39, 0.29) is 18.5 Å².